The summed E-state index contributed by atoms with van der Waals surface area (Å²) in [5.41, 5.74) is 0. The first-order valence-corrected chi connectivity index (χ1v) is 5.76. The molecule has 1 aromatic heterocycles. The molecule has 8 nitrogen and oxygen atoms in total. The Hall–Kier alpha value is -2.38. The molecule has 0 saturated carbocycles. The average Bonchev–Trinajstić information content (AvgIpc) is 2.95. The molecular formula is C11H12N2O6. The Labute approximate surface area is 107 Å². The summed E-state index contributed by atoms with van der Waals surface area (Å²) >= 11 is 0. The van der Waals surface area contributed by atoms with Gasteiger partial charge in [0.15, 0.2) is 5.76 Å². The number of carbonyl (C=O) groups is 2. The minimum absolute atomic E-state index is 0.130. The van der Waals surface area contributed by atoms with Crippen molar-refractivity contribution in [2.24, 2.45) is 0 Å². The molecule has 2 heterocycles. The molecule has 1 saturated heterocycles. The van der Waals surface area contributed by atoms with Crippen LogP contribution in [0.4, 0.5) is 5.88 Å². The summed E-state index contributed by atoms with van der Waals surface area (Å²) in [5, 5.41) is 19.2. The van der Waals surface area contributed by atoms with Crippen LogP contribution in [0.3, 0.4) is 0 Å². The maximum Gasteiger partial charge on any atom is 0.433 e. The summed E-state index contributed by atoms with van der Waals surface area (Å²) in [5.74, 6) is -2.12. The molecule has 0 radical (unpaired) electrons. The Kier molecular flexibility index (Phi) is 3.50. The summed E-state index contributed by atoms with van der Waals surface area (Å²) in [6.45, 7) is 0.436. The molecule has 1 atom stereocenters. The highest BCUT2D eigenvalue weighted by molar-refractivity contribution is 5.92. The van der Waals surface area contributed by atoms with Gasteiger partial charge in [0, 0.05) is 12.6 Å². The largest absolute Gasteiger partial charge is 0.481 e. The van der Waals surface area contributed by atoms with E-state index >= 15 is 0 Å². The minimum Gasteiger partial charge on any atom is -0.481 e. The maximum absolute atomic E-state index is 12.1. The van der Waals surface area contributed by atoms with Crippen LogP contribution in [-0.2, 0) is 4.79 Å². The van der Waals surface area contributed by atoms with Gasteiger partial charge in [-0.15, -0.1) is 0 Å². The van der Waals surface area contributed by atoms with Gasteiger partial charge in [-0.25, -0.2) is 0 Å². The van der Waals surface area contributed by atoms with E-state index in [1.165, 1.54) is 11.0 Å². The van der Waals surface area contributed by atoms with E-state index in [2.05, 4.69) is 0 Å². The molecule has 1 aliphatic heterocycles. The Balaban J connectivity index is 2.13. The van der Waals surface area contributed by atoms with Gasteiger partial charge in [0.05, 0.1) is 12.5 Å². The fourth-order valence-corrected chi connectivity index (χ4v) is 2.20. The van der Waals surface area contributed by atoms with Crippen molar-refractivity contribution >= 4 is 17.8 Å². The lowest BCUT2D eigenvalue weighted by molar-refractivity contribution is -0.402. The van der Waals surface area contributed by atoms with Crippen molar-refractivity contribution in [1.82, 2.24) is 4.90 Å². The predicted molar refractivity (Wildman–Crippen MR) is 61.7 cm³/mol. The van der Waals surface area contributed by atoms with Gasteiger partial charge >= 0.3 is 11.9 Å². The van der Waals surface area contributed by atoms with Crippen molar-refractivity contribution in [2.75, 3.05) is 6.54 Å². The zero-order valence-electron chi connectivity index (χ0n) is 9.94. The standard InChI is InChI=1S/C11H12N2O6/c14-10(15)6-7-2-1-5-12(7)11(16)8-3-4-9(19-8)13(17)18/h3-4,7H,1-2,5-6H2,(H,14,15). The van der Waals surface area contributed by atoms with E-state index in [4.69, 9.17) is 9.52 Å². The van der Waals surface area contributed by atoms with Crippen molar-refractivity contribution in [2.45, 2.75) is 25.3 Å². The number of hydrogen-bond donors (Lipinski definition) is 1. The number of furan rings is 1. The van der Waals surface area contributed by atoms with Crippen molar-refractivity contribution in [3.05, 3.63) is 28.0 Å². The van der Waals surface area contributed by atoms with Crippen molar-refractivity contribution < 1.29 is 24.0 Å². The third-order valence-corrected chi connectivity index (χ3v) is 3.03. The van der Waals surface area contributed by atoms with E-state index in [9.17, 15) is 19.7 Å². The molecule has 2 rings (SSSR count). The van der Waals surface area contributed by atoms with Gasteiger partial charge in [-0.05, 0) is 18.9 Å². The molecule has 1 fully saturated rings. The topological polar surface area (TPSA) is 114 Å². The van der Waals surface area contributed by atoms with Crippen molar-refractivity contribution in [1.29, 1.82) is 0 Å². The van der Waals surface area contributed by atoms with Gasteiger partial charge in [-0.1, -0.05) is 0 Å². The summed E-state index contributed by atoms with van der Waals surface area (Å²) < 4.78 is 4.83. The summed E-state index contributed by atoms with van der Waals surface area (Å²) in [6, 6.07) is 1.96. The lowest BCUT2D eigenvalue weighted by atomic mass is 10.1. The number of nitro groups is 1. The Morgan fingerprint density at radius 2 is 2.26 bits per heavy atom. The molecule has 0 spiro atoms. The third kappa shape index (κ3) is 2.72. The van der Waals surface area contributed by atoms with E-state index in [0.717, 1.165) is 6.07 Å². The minimum atomic E-state index is -0.977. The summed E-state index contributed by atoms with van der Waals surface area (Å²) in [6.07, 6.45) is 1.20. The van der Waals surface area contributed by atoms with E-state index in [1.54, 1.807) is 0 Å². The number of carbonyl (C=O) groups excluding carboxylic acids is 1. The van der Waals surface area contributed by atoms with Gasteiger partial charge in [0.25, 0.3) is 5.91 Å². The van der Waals surface area contributed by atoms with Crippen LogP contribution in [0.1, 0.15) is 29.8 Å². The van der Waals surface area contributed by atoms with Gasteiger partial charge in [-0.2, -0.15) is 0 Å². The van der Waals surface area contributed by atoms with Gasteiger partial charge in [0.1, 0.15) is 4.92 Å². The van der Waals surface area contributed by atoms with Crippen molar-refractivity contribution in [3.8, 4) is 0 Å². The van der Waals surface area contributed by atoms with Crippen LogP contribution >= 0.6 is 0 Å². The molecule has 1 unspecified atom stereocenters. The highest BCUT2D eigenvalue weighted by Crippen LogP contribution is 2.24. The summed E-state index contributed by atoms with van der Waals surface area (Å²) in [4.78, 5) is 33.9. The number of hydrogen-bond acceptors (Lipinski definition) is 5. The molecule has 1 aromatic rings. The molecule has 0 aliphatic carbocycles. The van der Waals surface area contributed by atoms with E-state index < -0.39 is 22.7 Å². The first kappa shape index (κ1) is 13.1. The molecule has 1 amide bonds. The van der Waals surface area contributed by atoms with Crippen molar-refractivity contribution in [3.63, 3.8) is 0 Å². The van der Waals surface area contributed by atoms with Gasteiger partial charge < -0.3 is 14.4 Å². The first-order chi connectivity index (χ1) is 8.99. The van der Waals surface area contributed by atoms with Crippen LogP contribution in [-0.4, -0.2) is 39.4 Å². The first-order valence-electron chi connectivity index (χ1n) is 5.76. The second kappa shape index (κ2) is 5.09. The molecule has 102 valence electrons. The highest BCUT2D eigenvalue weighted by atomic mass is 16.6. The number of amides is 1. The Morgan fingerprint density at radius 3 is 2.84 bits per heavy atom. The van der Waals surface area contributed by atoms with Gasteiger partial charge in [-0.3, -0.25) is 19.7 Å². The van der Waals surface area contributed by atoms with Crippen LogP contribution in [0.15, 0.2) is 16.5 Å². The maximum atomic E-state index is 12.1. The van der Waals surface area contributed by atoms with E-state index in [1.807, 2.05) is 0 Å². The smallest absolute Gasteiger partial charge is 0.433 e. The highest BCUT2D eigenvalue weighted by Gasteiger charge is 2.33. The molecule has 1 N–H and O–H groups in total. The molecule has 8 heteroatoms. The zero-order valence-corrected chi connectivity index (χ0v) is 9.94. The predicted octanol–water partition coefficient (Wildman–Crippen LogP) is 1.27. The third-order valence-electron chi connectivity index (χ3n) is 3.03. The van der Waals surface area contributed by atoms with Crippen LogP contribution in [0.25, 0.3) is 0 Å². The van der Waals surface area contributed by atoms with E-state index in [0.29, 0.717) is 19.4 Å². The fraction of sp³-hybridized carbons (Fsp3) is 0.455. The van der Waals surface area contributed by atoms with Crippen LogP contribution < -0.4 is 0 Å². The second-order valence-corrected chi connectivity index (χ2v) is 4.29. The normalized spacial score (nSPS) is 18.5. The summed E-state index contributed by atoms with van der Waals surface area (Å²) in [7, 11) is 0. The fourth-order valence-electron chi connectivity index (χ4n) is 2.20. The van der Waals surface area contributed by atoms with Gasteiger partial charge in [0.2, 0.25) is 0 Å². The quantitative estimate of drug-likeness (QED) is 0.649. The number of likely N-dealkylation sites (tertiary alicyclic amines) is 1. The number of carboxylic acid groups (broad SMARTS) is 1. The molecular weight excluding hydrogens is 256 g/mol. The molecule has 0 bridgehead atoms. The number of nitrogens with zero attached hydrogens (tertiary/aromatic N) is 2. The monoisotopic (exact) mass is 268 g/mol. The average molecular weight is 268 g/mol. The Morgan fingerprint density at radius 1 is 1.53 bits per heavy atom. The molecule has 19 heavy (non-hydrogen) atoms. The number of rotatable bonds is 4. The molecule has 0 aromatic carbocycles. The lowest BCUT2D eigenvalue weighted by Crippen LogP contribution is -2.36. The van der Waals surface area contributed by atoms with Crippen LogP contribution in [0.5, 0.6) is 0 Å². The Bertz CT molecular complexity index is 523. The lowest BCUT2D eigenvalue weighted by Gasteiger charge is -2.22. The second-order valence-electron chi connectivity index (χ2n) is 4.29. The number of aliphatic carboxylic acids is 1. The van der Waals surface area contributed by atoms with E-state index in [-0.39, 0.29) is 18.2 Å². The van der Waals surface area contributed by atoms with Crippen LogP contribution in [0, 0.1) is 10.1 Å². The molecule has 1 aliphatic rings. The number of carboxylic acids is 1. The zero-order chi connectivity index (χ0) is 14.0. The van der Waals surface area contributed by atoms with Crippen LogP contribution in [0.2, 0.25) is 0 Å². The SMILES string of the molecule is O=C(O)CC1CCCN1C(=O)c1ccc([N+](=O)[O-])o1.